The summed E-state index contributed by atoms with van der Waals surface area (Å²) in [7, 11) is 0. The second-order valence-electron chi connectivity index (χ2n) is 4.83. The Hall–Kier alpha value is -2.36. The van der Waals surface area contributed by atoms with Crippen molar-refractivity contribution in [1.29, 1.82) is 0 Å². The van der Waals surface area contributed by atoms with Crippen LogP contribution >= 0.6 is 0 Å². The van der Waals surface area contributed by atoms with Crippen LogP contribution < -0.4 is 5.32 Å². The number of aromatic nitrogens is 3. The molecule has 1 aromatic carbocycles. The highest BCUT2D eigenvalue weighted by molar-refractivity contribution is 5.92. The van der Waals surface area contributed by atoms with E-state index in [1.807, 2.05) is 31.0 Å². The molecule has 20 heavy (non-hydrogen) atoms. The molecule has 2 aromatic heterocycles. The predicted octanol–water partition coefficient (Wildman–Crippen LogP) is 3.45. The lowest BCUT2D eigenvalue weighted by Gasteiger charge is -2.11. The molecule has 3 aromatic rings. The van der Waals surface area contributed by atoms with E-state index in [4.69, 9.17) is 0 Å². The first-order chi connectivity index (χ1) is 9.88. The molecule has 0 bridgehead atoms. The van der Waals surface area contributed by atoms with Crippen LogP contribution in [0.1, 0.15) is 19.0 Å². The van der Waals surface area contributed by atoms with Gasteiger partial charge in [0, 0.05) is 36.2 Å². The van der Waals surface area contributed by atoms with Gasteiger partial charge in [-0.1, -0.05) is 19.1 Å². The Morgan fingerprint density at radius 1 is 1.15 bits per heavy atom. The number of nitrogens with one attached hydrogen (secondary N) is 1. The first kappa shape index (κ1) is 12.7. The number of fused-ring (bicyclic) bond motifs is 1. The summed E-state index contributed by atoms with van der Waals surface area (Å²) in [6.45, 7) is 3.95. The first-order valence-corrected chi connectivity index (χ1v) is 6.94. The van der Waals surface area contributed by atoms with Gasteiger partial charge in [0.2, 0.25) is 0 Å². The lowest BCUT2D eigenvalue weighted by Crippen LogP contribution is -2.07. The van der Waals surface area contributed by atoms with Crippen molar-refractivity contribution in [2.45, 2.75) is 26.4 Å². The number of anilines is 1. The number of benzene rings is 1. The van der Waals surface area contributed by atoms with Crippen molar-refractivity contribution in [3.05, 3.63) is 54.9 Å². The van der Waals surface area contributed by atoms with Crippen LogP contribution in [0.2, 0.25) is 0 Å². The van der Waals surface area contributed by atoms with Crippen molar-refractivity contribution in [3.8, 4) is 0 Å². The zero-order valence-electron chi connectivity index (χ0n) is 11.6. The number of hydrogen-bond donors (Lipinski definition) is 1. The molecular weight excluding hydrogens is 248 g/mol. The number of rotatable bonds is 5. The van der Waals surface area contributed by atoms with E-state index in [9.17, 15) is 0 Å². The van der Waals surface area contributed by atoms with Crippen molar-refractivity contribution in [2.24, 2.45) is 0 Å². The van der Waals surface area contributed by atoms with Crippen molar-refractivity contribution >= 4 is 16.5 Å². The topological polar surface area (TPSA) is 42.7 Å². The molecule has 0 saturated heterocycles. The normalized spacial score (nSPS) is 10.8. The summed E-state index contributed by atoms with van der Waals surface area (Å²) < 4.78 is 2.19. The van der Waals surface area contributed by atoms with Crippen LogP contribution in [0.15, 0.2) is 49.2 Å². The molecule has 4 heteroatoms. The number of aryl methyl sites for hydroxylation is 1. The third kappa shape index (κ3) is 2.50. The molecule has 0 aliphatic rings. The van der Waals surface area contributed by atoms with Crippen molar-refractivity contribution < 1.29 is 0 Å². The molecule has 0 amide bonds. The predicted molar refractivity (Wildman–Crippen MR) is 81.6 cm³/mol. The van der Waals surface area contributed by atoms with Gasteiger partial charge in [0.25, 0.3) is 0 Å². The summed E-state index contributed by atoms with van der Waals surface area (Å²) in [6, 6.07) is 8.28. The van der Waals surface area contributed by atoms with Gasteiger partial charge in [-0.05, 0) is 23.9 Å². The molecule has 0 fully saturated rings. The minimum Gasteiger partial charge on any atom is -0.379 e. The number of imidazole rings is 1. The monoisotopic (exact) mass is 266 g/mol. The molecule has 2 heterocycles. The summed E-state index contributed by atoms with van der Waals surface area (Å²) in [5.74, 6) is 0. The molecule has 0 aliphatic carbocycles. The van der Waals surface area contributed by atoms with Gasteiger partial charge in [-0.2, -0.15) is 0 Å². The van der Waals surface area contributed by atoms with Gasteiger partial charge >= 0.3 is 0 Å². The van der Waals surface area contributed by atoms with E-state index in [0.29, 0.717) is 0 Å². The molecule has 4 nitrogen and oxygen atoms in total. The fraction of sp³-hybridized carbons (Fsp3) is 0.250. The second-order valence-corrected chi connectivity index (χ2v) is 4.83. The fourth-order valence-electron chi connectivity index (χ4n) is 2.39. The zero-order valence-corrected chi connectivity index (χ0v) is 11.6. The van der Waals surface area contributed by atoms with Crippen LogP contribution in [0.4, 0.5) is 5.69 Å². The van der Waals surface area contributed by atoms with E-state index in [2.05, 4.69) is 45.0 Å². The highest BCUT2D eigenvalue weighted by atomic mass is 15.1. The van der Waals surface area contributed by atoms with Crippen LogP contribution in [0, 0.1) is 0 Å². The largest absolute Gasteiger partial charge is 0.379 e. The quantitative estimate of drug-likeness (QED) is 0.769. The third-order valence-electron chi connectivity index (χ3n) is 3.41. The van der Waals surface area contributed by atoms with Gasteiger partial charge in [0.15, 0.2) is 0 Å². The molecule has 0 spiro atoms. The first-order valence-electron chi connectivity index (χ1n) is 6.94. The van der Waals surface area contributed by atoms with E-state index < -0.39 is 0 Å². The molecule has 0 atom stereocenters. The van der Waals surface area contributed by atoms with E-state index >= 15 is 0 Å². The lowest BCUT2D eigenvalue weighted by molar-refractivity contribution is 0.651. The van der Waals surface area contributed by atoms with Crippen LogP contribution in [0.25, 0.3) is 10.8 Å². The molecule has 1 N–H and O–H groups in total. The van der Waals surface area contributed by atoms with Crippen LogP contribution in [0.5, 0.6) is 0 Å². The van der Waals surface area contributed by atoms with Crippen molar-refractivity contribution in [1.82, 2.24) is 14.5 Å². The smallest absolute Gasteiger partial charge is 0.0948 e. The van der Waals surface area contributed by atoms with Crippen LogP contribution in [-0.4, -0.2) is 14.5 Å². The Morgan fingerprint density at radius 2 is 2.10 bits per heavy atom. The molecule has 102 valence electrons. The molecule has 0 saturated carbocycles. The van der Waals surface area contributed by atoms with Gasteiger partial charge < -0.3 is 9.88 Å². The number of pyridine rings is 1. The van der Waals surface area contributed by atoms with Gasteiger partial charge in [-0.25, -0.2) is 4.98 Å². The molecule has 0 aliphatic heterocycles. The van der Waals surface area contributed by atoms with Gasteiger partial charge in [0.05, 0.1) is 18.6 Å². The van der Waals surface area contributed by atoms with E-state index in [-0.39, 0.29) is 0 Å². The van der Waals surface area contributed by atoms with Crippen molar-refractivity contribution in [3.63, 3.8) is 0 Å². The summed E-state index contributed by atoms with van der Waals surface area (Å²) in [5.41, 5.74) is 2.31. The molecule has 0 unspecified atom stereocenters. The molecule has 3 rings (SSSR count). The minimum atomic E-state index is 0.772. The third-order valence-corrected chi connectivity index (χ3v) is 3.41. The fourth-order valence-corrected chi connectivity index (χ4v) is 2.39. The van der Waals surface area contributed by atoms with Gasteiger partial charge in [-0.15, -0.1) is 0 Å². The molecular formula is C16H18N4. The minimum absolute atomic E-state index is 0.772. The summed E-state index contributed by atoms with van der Waals surface area (Å²) in [5, 5.41) is 5.84. The summed E-state index contributed by atoms with van der Waals surface area (Å²) in [4.78, 5) is 8.43. The van der Waals surface area contributed by atoms with Gasteiger partial charge in [-0.3, -0.25) is 4.98 Å². The number of hydrogen-bond acceptors (Lipinski definition) is 3. The summed E-state index contributed by atoms with van der Waals surface area (Å²) >= 11 is 0. The maximum Gasteiger partial charge on any atom is 0.0948 e. The Balaban J connectivity index is 1.81. The zero-order chi connectivity index (χ0) is 13.8. The van der Waals surface area contributed by atoms with E-state index in [1.54, 1.807) is 0 Å². The molecule has 0 radical (unpaired) electrons. The highest BCUT2D eigenvalue weighted by Crippen LogP contribution is 2.22. The SMILES string of the molecule is CCCn1cncc1CNc1cccc2ccncc12. The van der Waals surface area contributed by atoms with Crippen LogP contribution in [-0.2, 0) is 13.1 Å². The maximum absolute atomic E-state index is 4.23. The van der Waals surface area contributed by atoms with E-state index in [1.165, 1.54) is 11.1 Å². The number of nitrogens with zero attached hydrogens (tertiary/aromatic N) is 3. The Labute approximate surface area is 118 Å². The van der Waals surface area contributed by atoms with Crippen LogP contribution in [0.3, 0.4) is 0 Å². The standard InChI is InChI=1S/C16H18N4/c1-2-8-20-12-18-9-14(20)10-19-16-5-3-4-13-6-7-17-11-15(13)16/h3-7,9,11-12,19H,2,8,10H2,1H3. The lowest BCUT2D eigenvalue weighted by atomic mass is 10.1. The average molecular weight is 266 g/mol. The van der Waals surface area contributed by atoms with Crippen molar-refractivity contribution in [2.75, 3.05) is 5.32 Å². The van der Waals surface area contributed by atoms with Gasteiger partial charge in [0.1, 0.15) is 0 Å². The Morgan fingerprint density at radius 3 is 3.00 bits per heavy atom. The maximum atomic E-state index is 4.23. The highest BCUT2D eigenvalue weighted by Gasteiger charge is 2.03. The average Bonchev–Trinajstić information content (AvgIpc) is 2.93. The second kappa shape index (κ2) is 5.74. The summed E-state index contributed by atoms with van der Waals surface area (Å²) in [6.07, 6.45) is 8.65. The Kier molecular flexibility index (Phi) is 3.63. The Bertz CT molecular complexity index is 697. The van der Waals surface area contributed by atoms with E-state index in [0.717, 1.165) is 30.6 Å².